The summed E-state index contributed by atoms with van der Waals surface area (Å²) in [5.74, 6) is -1.41. The van der Waals surface area contributed by atoms with Crippen LogP contribution < -0.4 is 5.32 Å². The number of nitrogens with one attached hydrogen (secondary N) is 1. The van der Waals surface area contributed by atoms with Crippen LogP contribution in [0.5, 0.6) is 0 Å². The Labute approximate surface area is 137 Å². The van der Waals surface area contributed by atoms with Gasteiger partial charge in [-0.1, -0.05) is 32.4 Å². The second-order valence-electron chi connectivity index (χ2n) is 6.36. The van der Waals surface area contributed by atoms with Gasteiger partial charge in [0.15, 0.2) is 0 Å². The second-order valence-corrected chi connectivity index (χ2v) is 6.36. The van der Waals surface area contributed by atoms with Gasteiger partial charge in [0.2, 0.25) is 0 Å². The molecule has 5 nitrogen and oxygen atoms in total. The summed E-state index contributed by atoms with van der Waals surface area (Å²) >= 11 is 0. The Kier molecular flexibility index (Phi) is 6.16. The molecule has 0 unspecified atom stereocenters. The lowest BCUT2D eigenvalue weighted by molar-refractivity contribution is -0.140. The van der Waals surface area contributed by atoms with E-state index in [9.17, 15) is 14.7 Å². The third kappa shape index (κ3) is 4.79. The Hall–Kier alpha value is -1.88. The van der Waals surface area contributed by atoms with Crippen molar-refractivity contribution in [1.82, 2.24) is 10.2 Å². The highest BCUT2D eigenvalue weighted by Gasteiger charge is 2.25. The first-order chi connectivity index (χ1) is 11.0. The summed E-state index contributed by atoms with van der Waals surface area (Å²) in [7, 11) is 0. The Morgan fingerprint density at radius 2 is 2.00 bits per heavy atom. The Morgan fingerprint density at radius 3 is 2.61 bits per heavy atom. The van der Waals surface area contributed by atoms with Gasteiger partial charge in [0.05, 0.1) is 0 Å². The summed E-state index contributed by atoms with van der Waals surface area (Å²) in [6, 6.07) is 6.62. The number of likely N-dealkylation sites (tertiary alicyclic amines) is 1. The molecule has 1 aromatic rings. The number of rotatable bonds is 7. The molecule has 23 heavy (non-hydrogen) atoms. The van der Waals surface area contributed by atoms with Crippen LogP contribution in [0.3, 0.4) is 0 Å². The molecular formula is C18H26N2O3. The van der Waals surface area contributed by atoms with Crippen molar-refractivity contribution in [3.8, 4) is 0 Å². The topological polar surface area (TPSA) is 69.6 Å². The Balaban J connectivity index is 2.04. The summed E-state index contributed by atoms with van der Waals surface area (Å²) in [6.45, 7) is 6.80. The summed E-state index contributed by atoms with van der Waals surface area (Å²) in [6.07, 6.45) is 3.16. The smallest absolute Gasteiger partial charge is 0.326 e. The summed E-state index contributed by atoms with van der Waals surface area (Å²) in [5.41, 5.74) is 1.62. The van der Waals surface area contributed by atoms with Crippen LogP contribution in [0.1, 0.15) is 49.0 Å². The van der Waals surface area contributed by atoms with Gasteiger partial charge >= 0.3 is 5.97 Å². The molecule has 0 saturated carbocycles. The minimum Gasteiger partial charge on any atom is -0.480 e. The Morgan fingerprint density at radius 1 is 1.30 bits per heavy atom. The van der Waals surface area contributed by atoms with Crippen LogP contribution in [0, 0.1) is 5.92 Å². The van der Waals surface area contributed by atoms with Crippen molar-refractivity contribution in [1.29, 1.82) is 0 Å². The van der Waals surface area contributed by atoms with E-state index in [0.29, 0.717) is 12.0 Å². The lowest BCUT2D eigenvalue weighted by Gasteiger charge is -2.20. The van der Waals surface area contributed by atoms with E-state index in [2.05, 4.69) is 10.2 Å². The van der Waals surface area contributed by atoms with Crippen molar-refractivity contribution in [2.75, 3.05) is 13.1 Å². The molecule has 126 valence electrons. The van der Waals surface area contributed by atoms with Crippen molar-refractivity contribution >= 4 is 11.9 Å². The quantitative estimate of drug-likeness (QED) is 0.810. The molecule has 1 fully saturated rings. The number of amides is 1. The number of carbonyl (C=O) groups is 2. The minimum absolute atomic E-state index is 0.107. The lowest BCUT2D eigenvalue weighted by atomic mass is 9.98. The molecule has 5 heteroatoms. The van der Waals surface area contributed by atoms with Crippen LogP contribution in [0.2, 0.25) is 0 Å². The van der Waals surface area contributed by atoms with Gasteiger partial charge in [0.1, 0.15) is 6.04 Å². The highest BCUT2D eigenvalue weighted by Crippen LogP contribution is 2.15. The zero-order valence-electron chi connectivity index (χ0n) is 13.9. The molecule has 1 saturated heterocycles. The molecule has 2 atom stereocenters. The number of hydrogen-bond donors (Lipinski definition) is 2. The van der Waals surface area contributed by atoms with E-state index < -0.39 is 12.0 Å². The zero-order valence-corrected chi connectivity index (χ0v) is 13.9. The van der Waals surface area contributed by atoms with Crippen LogP contribution in [0.4, 0.5) is 0 Å². The maximum atomic E-state index is 12.4. The predicted octanol–water partition coefficient (Wildman–Crippen LogP) is 2.51. The lowest BCUT2D eigenvalue weighted by Crippen LogP contribution is -2.45. The number of hydrogen-bond acceptors (Lipinski definition) is 3. The van der Waals surface area contributed by atoms with Crippen molar-refractivity contribution in [2.24, 2.45) is 5.92 Å². The largest absolute Gasteiger partial charge is 0.480 e. The van der Waals surface area contributed by atoms with E-state index in [-0.39, 0.29) is 11.8 Å². The van der Waals surface area contributed by atoms with Gasteiger partial charge in [0.25, 0.3) is 5.91 Å². The fraction of sp³-hybridized carbons (Fsp3) is 0.556. The molecule has 1 amide bonds. The number of carboxylic acid groups (broad SMARTS) is 1. The van der Waals surface area contributed by atoms with E-state index >= 15 is 0 Å². The molecule has 1 heterocycles. The van der Waals surface area contributed by atoms with E-state index in [1.165, 1.54) is 12.8 Å². The normalized spacial score (nSPS) is 17.7. The van der Waals surface area contributed by atoms with Gasteiger partial charge < -0.3 is 10.4 Å². The average Bonchev–Trinajstić information content (AvgIpc) is 3.04. The van der Waals surface area contributed by atoms with E-state index in [4.69, 9.17) is 0 Å². The first kappa shape index (κ1) is 17.5. The number of benzene rings is 1. The number of aliphatic carboxylic acids is 1. The SMILES string of the molecule is CC[C@H](C)[C@H](NC(=O)c1cccc(CN2CCCC2)c1)C(=O)O. The molecule has 1 aliphatic rings. The molecule has 0 aromatic heterocycles. The van der Waals surface area contributed by atoms with E-state index in [1.807, 2.05) is 32.0 Å². The van der Waals surface area contributed by atoms with Gasteiger partial charge in [-0.25, -0.2) is 4.79 Å². The van der Waals surface area contributed by atoms with Crippen LogP contribution in [0.25, 0.3) is 0 Å². The van der Waals surface area contributed by atoms with Crippen LogP contribution in [-0.2, 0) is 11.3 Å². The molecule has 0 bridgehead atoms. The molecular weight excluding hydrogens is 292 g/mol. The molecule has 1 aromatic carbocycles. The molecule has 0 radical (unpaired) electrons. The molecule has 0 spiro atoms. The van der Waals surface area contributed by atoms with Crippen LogP contribution in [-0.4, -0.2) is 41.0 Å². The van der Waals surface area contributed by atoms with Crippen LogP contribution in [0.15, 0.2) is 24.3 Å². The van der Waals surface area contributed by atoms with Gasteiger partial charge in [-0.3, -0.25) is 9.69 Å². The van der Waals surface area contributed by atoms with Crippen molar-refractivity contribution in [3.05, 3.63) is 35.4 Å². The van der Waals surface area contributed by atoms with Crippen LogP contribution >= 0.6 is 0 Å². The zero-order chi connectivity index (χ0) is 16.8. The first-order valence-corrected chi connectivity index (χ1v) is 8.36. The number of carbonyl (C=O) groups excluding carboxylic acids is 1. The first-order valence-electron chi connectivity index (χ1n) is 8.36. The minimum atomic E-state index is -0.985. The Bertz CT molecular complexity index is 553. The third-order valence-electron chi connectivity index (χ3n) is 4.56. The van der Waals surface area contributed by atoms with Crippen molar-refractivity contribution in [3.63, 3.8) is 0 Å². The highest BCUT2D eigenvalue weighted by atomic mass is 16.4. The van der Waals surface area contributed by atoms with Crippen molar-refractivity contribution < 1.29 is 14.7 Å². The van der Waals surface area contributed by atoms with Gasteiger partial charge in [-0.15, -0.1) is 0 Å². The maximum Gasteiger partial charge on any atom is 0.326 e. The predicted molar refractivity (Wildman–Crippen MR) is 89.3 cm³/mol. The van der Waals surface area contributed by atoms with Crippen molar-refractivity contribution in [2.45, 2.75) is 45.7 Å². The second kappa shape index (κ2) is 8.11. The van der Waals surface area contributed by atoms with Gasteiger partial charge in [-0.2, -0.15) is 0 Å². The number of nitrogens with zero attached hydrogens (tertiary/aromatic N) is 1. The summed E-state index contributed by atoms with van der Waals surface area (Å²) < 4.78 is 0. The fourth-order valence-electron chi connectivity index (χ4n) is 2.92. The van der Waals surface area contributed by atoms with Gasteiger partial charge in [-0.05, 0) is 49.5 Å². The third-order valence-corrected chi connectivity index (χ3v) is 4.56. The van der Waals surface area contributed by atoms with E-state index in [0.717, 1.165) is 25.2 Å². The number of carboxylic acids is 1. The summed E-state index contributed by atoms with van der Waals surface area (Å²) in [5, 5.41) is 11.9. The monoisotopic (exact) mass is 318 g/mol. The fourth-order valence-corrected chi connectivity index (χ4v) is 2.92. The standard InChI is InChI=1S/C18H26N2O3/c1-3-13(2)16(18(22)23)19-17(21)15-8-6-7-14(11-15)12-20-9-4-5-10-20/h6-8,11,13,16H,3-5,9-10,12H2,1-2H3,(H,19,21)(H,22,23)/t13-,16-/m0/s1. The molecule has 2 N–H and O–H groups in total. The van der Waals surface area contributed by atoms with E-state index in [1.54, 1.807) is 6.07 Å². The average molecular weight is 318 g/mol. The molecule has 1 aliphatic heterocycles. The maximum absolute atomic E-state index is 12.4. The molecule has 2 rings (SSSR count). The summed E-state index contributed by atoms with van der Waals surface area (Å²) in [4.78, 5) is 26.1. The molecule has 0 aliphatic carbocycles. The van der Waals surface area contributed by atoms with Gasteiger partial charge in [0, 0.05) is 12.1 Å². The highest BCUT2D eigenvalue weighted by molar-refractivity contribution is 5.96.